The summed E-state index contributed by atoms with van der Waals surface area (Å²) in [4.78, 5) is 14.9. The quantitative estimate of drug-likeness (QED) is 0.730. The van der Waals surface area contributed by atoms with Crippen molar-refractivity contribution < 1.29 is 9.53 Å². The summed E-state index contributed by atoms with van der Waals surface area (Å²) >= 11 is 0. The molecule has 0 aliphatic heterocycles. The molecule has 0 aromatic carbocycles. The van der Waals surface area contributed by atoms with Gasteiger partial charge in [-0.05, 0) is 12.5 Å². The molecule has 1 aromatic rings. The summed E-state index contributed by atoms with van der Waals surface area (Å²) < 4.78 is 4.51. The molecule has 1 atom stereocenters. The van der Waals surface area contributed by atoms with Crippen LogP contribution in [-0.4, -0.2) is 18.1 Å². The lowest BCUT2D eigenvalue weighted by molar-refractivity contribution is -0.140. The fourth-order valence-electron chi connectivity index (χ4n) is 1.44. The van der Waals surface area contributed by atoms with Crippen LogP contribution in [0.3, 0.4) is 0 Å². The van der Waals surface area contributed by atoms with E-state index in [1.165, 1.54) is 19.5 Å². The summed E-state index contributed by atoms with van der Waals surface area (Å²) in [5.41, 5.74) is 0.970. The van der Waals surface area contributed by atoms with Crippen LogP contribution in [0.2, 0.25) is 0 Å². The second-order valence-corrected chi connectivity index (χ2v) is 3.37. The van der Waals surface area contributed by atoms with E-state index in [0.717, 1.165) is 0 Å². The van der Waals surface area contributed by atoms with E-state index in [-0.39, 0.29) is 12.4 Å². The van der Waals surface area contributed by atoms with Crippen molar-refractivity contribution in [1.29, 1.82) is 10.5 Å². The van der Waals surface area contributed by atoms with Crippen molar-refractivity contribution in [2.24, 2.45) is 0 Å². The smallest absolute Gasteiger partial charge is 0.305 e. The van der Waals surface area contributed by atoms with Crippen LogP contribution < -0.4 is 0 Å². The number of hydrogen-bond donors (Lipinski definition) is 0. The van der Waals surface area contributed by atoms with E-state index in [1.54, 1.807) is 6.07 Å². The van der Waals surface area contributed by atoms with Gasteiger partial charge < -0.3 is 4.74 Å². The molecule has 0 saturated carbocycles. The van der Waals surface area contributed by atoms with Crippen LogP contribution in [0.4, 0.5) is 0 Å². The molecule has 17 heavy (non-hydrogen) atoms. The molecule has 0 bridgehead atoms. The Balaban J connectivity index is 2.85. The second-order valence-electron chi connectivity index (χ2n) is 3.37. The van der Waals surface area contributed by atoms with E-state index < -0.39 is 5.92 Å². The molecule has 0 fully saturated rings. The van der Waals surface area contributed by atoms with E-state index in [1.807, 2.05) is 6.07 Å². The Morgan fingerprint density at radius 2 is 2.35 bits per heavy atom. The minimum Gasteiger partial charge on any atom is -0.469 e. The van der Waals surface area contributed by atoms with E-state index >= 15 is 0 Å². The average Bonchev–Trinajstić information content (AvgIpc) is 2.39. The molecular formula is C12H11N3O2. The second kappa shape index (κ2) is 6.24. The van der Waals surface area contributed by atoms with Crippen LogP contribution in [0.15, 0.2) is 18.5 Å². The maximum atomic E-state index is 11.0. The zero-order valence-electron chi connectivity index (χ0n) is 9.38. The topological polar surface area (TPSA) is 86.8 Å². The molecule has 0 spiro atoms. The van der Waals surface area contributed by atoms with Crippen LogP contribution in [0.5, 0.6) is 0 Å². The van der Waals surface area contributed by atoms with Gasteiger partial charge in [0.1, 0.15) is 0 Å². The molecule has 5 heteroatoms. The summed E-state index contributed by atoms with van der Waals surface area (Å²) in [6.45, 7) is 0. The molecule has 1 aromatic heterocycles. The number of carbonyl (C=O) groups excluding carboxylic acids is 1. The van der Waals surface area contributed by atoms with Gasteiger partial charge in [0.05, 0.1) is 30.7 Å². The van der Waals surface area contributed by atoms with E-state index in [9.17, 15) is 4.79 Å². The van der Waals surface area contributed by atoms with Crippen molar-refractivity contribution in [3.63, 3.8) is 0 Å². The zero-order chi connectivity index (χ0) is 12.7. The highest BCUT2D eigenvalue weighted by atomic mass is 16.5. The normalized spacial score (nSPS) is 11.0. The van der Waals surface area contributed by atoms with Crippen LogP contribution in [-0.2, 0) is 9.53 Å². The fraction of sp³-hybridized carbons (Fsp3) is 0.333. The largest absolute Gasteiger partial charge is 0.469 e. The average molecular weight is 229 g/mol. The fourth-order valence-corrected chi connectivity index (χ4v) is 1.44. The molecule has 0 radical (unpaired) electrons. The Kier molecular flexibility index (Phi) is 4.65. The van der Waals surface area contributed by atoms with Gasteiger partial charge in [-0.1, -0.05) is 0 Å². The lowest BCUT2D eigenvalue weighted by Gasteiger charge is -2.09. The Bertz CT molecular complexity index is 485. The summed E-state index contributed by atoms with van der Waals surface area (Å²) in [6.07, 6.45) is 3.46. The molecule has 0 saturated heterocycles. The Morgan fingerprint density at radius 3 is 2.94 bits per heavy atom. The predicted octanol–water partition coefficient (Wildman–Crippen LogP) is 1.51. The Labute approximate surface area is 99.3 Å². The van der Waals surface area contributed by atoms with Gasteiger partial charge >= 0.3 is 5.97 Å². The minimum absolute atomic E-state index is 0.147. The third-order valence-electron chi connectivity index (χ3n) is 2.37. The van der Waals surface area contributed by atoms with Gasteiger partial charge in [0, 0.05) is 24.4 Å². The van der Waals surface area contributed by atoms with Crippen molar-refractivity contribution in [2.75, 3.05) is 7.11 Å². The first-order chi connectivity index (χ1) is 8.22. The first-order valence-electron chi connectivity index (χ1n) is 5.03. The molecule has 0 aliphatic rings. The number of ether oxygens (including phenoxy) is 1. The molecule has 1 heterocycles. The van der Waals surface area contributed by atoms with Crippen molar-refractivity contribution >= 4 is 5.97 Å². The number of rotatable bonds is 4. The number of nitrogens with zero attached hydrogens (tertiary/aromatic N) is 3. The van der Waals surface area contributed by atoms with Gasteiger partial charge in [-0.25, -0.2) is 0 Å². The van der Waals surface area contributed by atoms with Crippen LogP contribution in [0, 0.1) is 22.7 Å². The highest BCUT2D eigenvalue weighted by molar-refractivity contribution is 5.69. The summed E-state index contributed by atoms with van der Waals surface area (Å²) in [5.74, 6) is -0.884. The molecule has 0 amide bonds. The Morgan fingerprint density at radius 1 is 1.59 bits per heavy atom. The van der Waals surface area contributed by atoms with Gasteiger partial charge in [-0.15, -0.1) is 0 Å². The SMILES string of the molecule is COC(=O)CCC(C#N)c1cnccc1C#N. The molecular weight excluding hydrogens is 218 g/mol. The number of nitriles is 2. The molecule has 1 rings (SSSR count). The number of esters is 1. The molecule has 0 N–H and O–H groups in total. The standard InChI is InChI=1S/C12H11N3O2/c1-17-12(16)3-2-9(6-13)11-8-15-5-4-10(11)7-14/h4-5,8-9H,2-3H2,1H3. The van der Waals surface area contributed by atoms with Crippen molar-refractivity contribution in [3.05, 3.63) is 29.6 Å². The van der Waals surface area contributed by atoms with Gasteiger partial charge in [-0.3, -0.25) is 9.78 Å². The number of methoxy groups -OCH3 is 1. The summed E-state index contributed by atoms with van der Waals surface area (Å²) in [6, 6.07) is 5.63. The van der Waals surface area contributed by atoms with E-state index in [4.69, 9.17) is 10.5 Å². The summed E-state index contributed by atoms with van der Waals surface area (Å²) in [5, 5.41) is 18.0. The predicted molar refractivity (Wildman–Crippen MR) is 58.6 cm³/mol. The van der Waals surface area contributed by atoms with Gasteiger partial charge in [-0.2, -0.15) is 10.5 Å². The van der Waals surface area contributed by atoms with Crippen LogP contribution in [0.25, 0.3) is 0 Å². The van der Waals surface area contributed by atoms with E-state index in [0.29, 0.717) is 17.5 Å². The van der Waals surface area contributed by atoms with Crippen molar-refractivity contribution in [2.45, 2.75) is 18.8 Å². The number of carbonyl (C=O) groups is 1. The van der Waals surface area contributed by atoms with Gasteiger partial charge in [0.15, 0.2) is 0 Å². The van der Waals surface area contributed by atoms with Crippen LogP contribution >= 0.6 is 0 Å². The first-order valence-corrected chi connectivity index (χ1v) is 5.03. The maximum absolute atomic E-state index is 11.0. The summed E-state index contributed by atoms with van der Waals surface area (Å²) in [7, 11) is 1.30. The van der Waals surface area contributed by atoms with Gasteiger partial charge in [0.2, 0.25) is 0 Å². The molecule has 5 nitrogen and oxygen atoms in total. The monoisotopic (exact) mass is 229 g/mol. The molecule has 1 unspecified atom stereocenters. The van der Waals surface area contributed by atoms with Crippen molar-refractivity contribution in [3.8, 4) is 12.1 Å². The highest BCUT2D eigenvalue weighted by Gasteiger charge is 2.16. The molecule has 0 aliphatic carbocycles. The molecule has 86 valence electrons. The lowest BCUT2D eigenvalue weighted by Crippen LogP contribution is -2.05. The number of hydrogen-bond acceptors (Lipinski definition) is 5. The zero-order valence-corrected chi connectivity index (χ0v) is 9.38. The van der Waals surface area contributed by atoms with E-state index in [2.05, 4.69) is 15.8 Å². The lowest BCUT2D eigenvalue weighted by atomic mass is 9.94. The minimum atomic E-state index is -0.516. The van der Waals surface area contributed by atoms with Crippen molar-refractivity contribution in [1.82, 2.24) is 4.98 Å². The third kappa shape index (κ3) is 3.29. The Hall–Kier alpha value is -2.40. The third-order valence-corrected chi connectivity index (χ3v) is 2.37. The first kappa shape index (κ1) is 12.7. The van der Waals surface area contributed by atoms with Crippen LogP contribution in [0.1, 0.15) is 29.9 Å². The van der Waals surface area contributed by atoms with Gasteiger partial charge in [0.25, 0.3) is 0 Å². The number of pyridine rings is 1. The number of aromatic nitrogens is 1. The highest BCUT2D eigenvalue weighted by Crippen LogP contribution is 2.23. The maximum Gasteiger partial charge on any atom is 0.305 e.